The van der Waals surface area contributed by atoms with Gasteiger partial charge >= 0.3 is 0 Å². The summed E-state index contributed by atoms with van der Waals surface area (Å²) < 4.78 is 11.4. The fraction of sp³-hybridized carbons (Fsp3) is 0.286. The van der Waals surface area contributed by atoms with Gasteiger partial charge in [0.15, 0.2) is 0 Å². The molecular weight excluding hydrogens is 324 g/mol. The summed E-state index contributed by atoms with van der Waals surface area (Å²) >= 11 is 3.42. The summed E-state index contributed by atoms with van der Waals surface area (Å²) in [6.07, 6.45) is 1.65. The normalized spacial score (nSPS) is 17.5. The predicted octanol–water partition coefficient (Wildman–Crippen LogP) is 2.79. The van der Waals surface area contributed by atoms with E-state index in [0.717, 1.165) is 15.9 Å². The van der Waals surface area contributed by atoms with E-state index in [0.29, 0.717) is 12.2 Å². The molecule has 0 radical (unpaired) electrons. The minimum Gasteiger partial charge on any atom is -0.487 e. The van der Waals surface area contributed by atoms with Crippen LogP contribution in [0.4, 0.5) is 5.69 Å². The van der Waals surface area contributed by atoms with E-state index in [2.05, 4.69) is 21.1 Å². The van der Waals surface area contributed by atoms with Crippen molar-refractivity contribution in [3.05, 3.63) is 40.7 Å². The van der Waals surface area contributed by atoms with Crippen molar-refractivity contribution >= 4 is 27.5 Å². The molecule has 3 rings (SSSR count). The van der Waals surface area contributed by atoms with E-state index in [9.17, 15) is 4.79 Å². The van der Waals surface area contributed by atoms with Crippen LogP contribution >= 0.6 is 15.9 Å². The molecule has 1 aliphatic rings. The standard InChI is InChI=1S/C14H13BrN2O3/c1-9-8-17(14(18)7-11-4-5-19-16-11)12-6-10(15)2-3-13(12)20-9/h2-6,9H,7-8H2,1H3/t9-/m1/s1. The molecule has 0 aliphatic carbocycles. The van der Waals surface area contributed by atoms with Crippen LogP contribution in [-0.2, 0) is 11.2 Å². The maximum Gasteiger partial charge on any atom is 0.233 e. The van der Waals surface area contributed by atoms with E-state index in [4.69, 9.17) is 9.26 Å². The molecular formula is C14H13BrN2O3. The quantitative estimate of drug-likeness (QED) is 0.846. The third-order valence-corrected chi connectivity index (χ3v) is 3.60. The van der Waals surface area contributed by atoms with Crippen LogP contribution in [0.5, 0.6) is 5.75 Å². The Bertz CT molecular complexity index is 627. The predicted molar refractivity (Wildman–Crippen MR) is 76.8 cm³/mol. The summed E-state index contributed by atoms with van der Waals surface area (Å²) in [6.45, 7) is 2.47. The van der Waals surface area contributed by atoms with Gasteiger partial charge in [-0.15, -0.1) is 0 Å². The highest BCUT2D eigenvalue weighted by molar-refractivity contribution is 9.10. The van der Waals surface area contributed by atoms with E-state index >= 15 is 0 Å². The van der Waals surface area contributed by atoms with Gasteiger partial charge in [-0.05, 0) is 25.1 Å². The summed E-state index contributed by atoms with van der Waals surface area (Å²) in [6, 6.07) is 7.36. The molecule has 0 bridgehead atoms. The minimum absolute atomic E-state index is 0.0200. The number of fused-ring (bicyclic) bond motifs is 1. The highest BCUT2D eigenvalue weighted by atomic mass is 79.9. The van der Waals surface area contributed by atoms with Crippen molar-refractivity contribution in [3.63, 3.8) is 0 Å². The molecule has 1 atom stereocenters. The molecule has 0 saturated carbocycles. The Hall–Kier alpha value is -1.82. The molecule has 0 spiro atoms. The monoisotopic (exact) mass is 336 g/mol. The van der Waals surface area contributed by atoms with E-state index in [1.54, 1.807) is 11.0 Å². The zero-order valence-electron chi connectivity index (χ0n) is 10.9. The molecule has 20 heavy (non-hydrogen) atoms. The number of anilines is 1. The number of carbonyl (C=O) groups is 1. The third kappa shape index (κ3) is 2.56. The molecule has 0 unspecified atom stereocenters. The second kappa shape index (κ2) is 5.28. The lowest BCUT2D eigenvalue weighted by Gasteiger charge is -2.33. The maximum atomic E-state index is 12.5. The minimum atomic E-state index is -0.0371. The first-order valence-corrected chi connectivity index (χ1v) is 7.08. The lowest BCUT2D eigenvalue weighted by atomic mass is 10.1. The van der Waals surface area contributed by atoms with E-state index in [1.807, 2.05) is 25.1 Å². The van der Waals surface area contributed by atoms with Crippen LogP contribution in [0.15, 0.2) is 39.5 Å². The van der Waals surface area contributed by atoms with Crippen LogP contribution in [0.2, 0.25) is 0 Å². The van der Waals surface area contributed by atoms with Crippen molar-refractivity contribution in [3.8, 4) is 5.75 Å². The summed E-state index contributed by atoms with van der Waals surface area (Å²) in [5, 5.41) is 3.78. The van der Waals surface area contributed by atoms with Crippen molar-refractivity contribution in [1.29, 1.82) is 0 Å². The number of benzene rings is 1. The molecule has 5 nitrogen and oxygen atoms in total. The average molecular weight is 337 g/mol. The molecule has 1 amide bonds. The SMILES string of the molecule is C[C@@H]1CN(C(=O)Cc2ccon2)c2cc(Br)ccc2O1. The molecule has 1 aromatic heterocycles. The molecule has 1 aromatic carbocycles. The lowest BCUT2D eigenvalue weighted by molar-refractivity contribution is -0.118. The van der Waals surface area contributed by atoms with Crippen molar-refractivity contribution in [2.24, 2.45) is 0 Å². The summed E-state index contributed by atoms with van der Waals surface area (Å²) in [5.41, 5.74) is 1.41. The van der Waals surface area contributed by atoms with Crippen LogP contribution in [-0.4, -0.2) is 23.7 Å². The van der Waals surface area contributed by atoms with Gasteiger partial charge < -0.3 is 14.2 Å². The van der Waals surface area contributed by atoms with Crippen LogP contribution in [0.25, 0.3) is 0 Å². The second-order valence-corrected chi connectivity index (χ2v) is 5.63. The molecule has 2 heterocycles. The molecule has 0 saturated heterocycles. The van der Waals surface area contributed by atoms with Gasteiger partial charge in [-0.25, -0.2) is 0 Å². The van der Waals surface area contributed by atoms with Gasteiger partial charge in [0.2, 0.25) is 5.91 Å². The maximum absolute atomic E-state index is 12.5. The van der Waals surface area contributed by atoms with Crippen LogP contribution < -0.4 is 9.64 Å². The zero-order chi connectivity index (χ0) is 14.1. The van der Waals surface area contributed by atoms with Gasteiger partial charge in [-0.3, -0.25) is 4.79 Å². The largest absolute Gasteiger partial charge is 0.487 e. The van der Waals surface area contributed by atoms with E-state index in [1.165, 1.54) is 6.26 Å². The Balaban J connectivity index is 1.89. The number of ether oxygens (including phenoxy) is 1. The first kappa shape index (κ1) is 13.2. The fourth-order valence-electron chi connectivity index (χ4n) is 2.23. The Kier molecular flexibility index (Phi) is 3.48. The van der Waals surface area contributed by atoms with Gasteiger partial charge in [0.25, 0.3) is 0 Å². The average Bonchev–Trinajstić information content (AvgIpc) is 2.91. The molecule has 0 N–H and O–H groups in total. The number of halogens is 1. The third-order valence-electron chi connectivity index (χ3n) is 3.10. The van der Waals surface area contributed by atoms with Crippen molar-refractivity contribution in [2.45, 2.75) is 19.4 Å². The first-order valence-electron chi connectivity index (χ1n) is 6.29. The van der Waals surface area contributed by atoms with Gasteiger partial charge in [-0.1, -0.05) is 21.1 Å². The lowest BCUT2D eigenvalue weighted by Crippen LogP contribution is -2.43. The molecule has 1 aliphatic heterocycles. The Morgan fingerprint density at radius 2 is 2.35 bits per heavy atom. The molecule has 6 heteroatoms. The highest BCUT2D eigenvalue weighted by Gasteiger charge is 2.28. The van der Waals surface area contributed by atoms with Crippen LogP contribution in [0.3, 0.4) is 0 Å². The summed E-state index contributed by atoms with van der Waals surface area (Å²) in [7, 11) is 0. The number of carbonyl (C=O) groups excluding carboxylic acids is 1. The number of aromatic nitrogens is 1. The topological polar surface area (TPSA) is 55.6 Å². The number of amides is 1. The first-order chi connectivity index (χ1) is 9.63. The van der Waals surface area contributed by atoms with Crippen LogP contribution in [0, 0.1) is 0 Å². The molecule has 2 aromatic rings. The number of nitrogens with zero attached hydrogens (tertiary/aromatic N) is 2. The van der Waals surface area contributed by atoms with Gasteiger partial charge in [0.05, 0.1) is 24.3 Å². The highest BCUT2D eigenvalue weighted by Crippen LogP contribution is 2.36. The Morgan fingerprint density at radius 3 is 3.10 bits per heavy atom. The zero-order valence-corrected chi connectivity index (χ0v) is 12.5. The van der Waals surface area contributed by atoms with Crippen molar-refractivity contribution in [2.75, 3.05) is 11.4 Å². The Labute approximate surface area is 124 Å². The fourth-order valence-corrected chi connectivity index (χ4v) is 2.57. The van der Waals surface area contributed by atoms with Crippen LogP contribution in [0.1, 0.15) is 12.6 Å². The summed E-state index contributed by atoms with van der Waals surface area (Å²) in [4.78, 5) is 14.2. The van der Waals surface area contributed by atoms with Gasteiger partial charge in [0, 0.05) is 10.5 Å². The summed E-state index contributed by atoms with van der Waals surface area (Å²) in [5.74, 6) is 0.703. The number of hydrogen-bond acceptors (Lipinski definition) is 4. The van der Waals surface area contributed by atoms with Crippen molar-refractivity contribution < 1.29 is 14.1 Å². The second-order valence-electron chi connectivity index (χ2n) is 4.71. The number of hydrogen-bond donors (Lipinski definition) is 0. The van der Waals surface area contributed by atoms with Gasteiger partial charge in [-0.2, -0.15) is 0 Å². The number of rotatable bonds is 2. The van der Waals surface area contributed by atoms with E-state index < -0.39 is 0 Å². The van der Waals surface area contributed by atoms with E-state index in [-0.39, 0.29) is 18.4 Å². The molecule has 104 valence electrons. The Morgan fingerprint density at radius 1 is 1.50 bits per heavy atom. The smallest absolute Gasteiger partial charge is 0.233 e. The van der Waals surface area contributed by atoms with Crippen molar-refractivity contribution in [1.82, 2.24) is 5.16 Å². The molecule has 0 fully saturated rings. The van der Waals surface area contributed by atoms with Gasteiger partial charge in [0.1, 0.15) is 18.1 Å².